The second-order valence-electron chi connectivity index (χ2n) is 3.34. The van der Waals surface area contributed by atoms with Crippen molar-refractivity contribution in [1.29, 1.82) is 5.26 Å². The number of nitrogens with zero attached hydrogens (tertiary/aromatic N) is 2. The van der Waals surface area contributed by atoms with E-state index in [0.717, 1.165) is 17.2 Å². The Hall–Kier alpha value is -1.71. The molecule has 1 atom stereocenters. The maximum absolute atomic E-state index is 12.8. The monoisotopic (exact) mass is 233 g/mol. The van der Waals surface area contributed by atoms with Gasteiger partial charge in [0.15, 0.2) is 5.54 Å². The summed E-state index contributed by atoms with van der Waals surface area (Å²) in [7, 11) is 0. The minimum atomic E-state index is -4.69. The molecule has 2 amide bonds. The van der Waals surface area contributed by atoms with Gasteiger partial charge in [-0.05, 0) is 13.0 Å². The van der Waals surface area contributed by atoms with Crippen molar-refractivity contribution in [2.45, 2.75) is 25.1 Å². The van der Waals surface area contributed by atoms with Crippen molar-refractivity contribution in [3.63, 3.8) is 0 Å². The van der Waals surface area contributed by atoms with E-state index in [2.05, 4.69) is 0 Å². The van der Waals surface area contributed by atoms with Gasteiger partial charge in [-0.3, -0.25) is 0 Å². The lowest BCUT2D eigenvalue weighted by Crippen LogP contribution is -2.62. The number of alkyl halides is 3. The number of rotatable bonds is 2. The van der Waals surface area contributed by atoms with Gasteiger partial charge in [0.25, 0.3) is 0 Å². The smallest absolute Gasteiger partial charge is 0.319 e. The molecule has 0 aromatic carbocycles. The fraction of sp³-hybridized carbons (Fsp3) is 0.556. The van der Waals surface area contributed by atoms with Crippen LogP contribution in [0.5, 0.6) is 0 Å². The summed E-state index contributed by atoms with van der Waals surface area (Å²) in [6.45, 7) is 1.90. The third-order valence-corrected chi connectivity index (χ3v) is 2.33. The fourth-order valence-corrected chi connectivity index (χ4v) is 1.33. The number of nitrogens with one attached hydrogen (secondary N) is 1. The number of nitriles is 1. The number of carbonyl (C=O) groups excluding carboxylic acids is 1. The van der Waals surface area contributed by atoms with Crippen molar-refractivity contribution in [3.05, 3.63) is 12.3 Å². The third-order valence-electron chi connectivity index (χ3n) is 2.33. The van der Waals surface area contributed by atoms with Gasteiger partial charge in [0.2, 0.25) is 0 Å². The highest BCUT2D eigenvalue weighted by Gasteiger charge is 2.55. The minimum Gasteiger partial charge on any atom is -0.319 e. The summed E-state index contributed by atoms with van der Waals surface area (Å²) in [5.74, 6) is 0. The van der Waals surface area contributed by atoms with Gasteiger partial charge >= 0.3 is 12.2 Å². The van der Waals surface area contributed by atoms with Crippen LogP contribution in [0.2, 0.25) is 0 Å². The van der Waals surface area contributed by atoms with Gasteiger partial charge in [-0.2, -0.15) is 18.4 Å². The molecule has 0 fully saturated rings. The Labute approximate surface area is 90.3 Å². The molecule has 1 N–H and O–H groups in total. The maximum atomic E-state index is 12.8. The molecule has 0 saturated carbocycles. The average molecular weight is 233 g/mol. The molecule has 1 unspecified atom stereocenters. The Morgan fingerprint density at radius 2 is 2.25 bits per heavy atom. The van der Waals surface area contributed by atoms with E-state index in [-0.39, 0.29) is 6.54 Å². The number of urea groups is 1. The first-order chi connectivity index (χ1) is 7.36. The van der Waals surface area contributed by atoms with Gasteiger partial charge in [0.1, 0.15) is 0 Å². The van der Waals surface area contributed by atoms with Crippen molar-refractivity contribution in [1.82, 2.24) is 10.2 Å². The predicted molar refractivity (Wildman–Crippen MR) is 49.1 cm³/mol. The molecule has 7 heteroatoms. The number of carbonyl (C=O) groups is 1. The third kappa shape index (κ3) is 1.96. The molecule has 88 valence electrons. The normalized spacial score (nSPS) is 25.2. The highest BCUT2D eigenvalue weighted by molar-refractivity contribution is 5.78. The summed E-state index contributed by atoms with van der Waals surface area (Å²) >= 11 is 0. The van der Waals surface area contributed by atoms with Gasteiger partial charge < -0.3 is 10.2 Å². The van der Waals surface area contributed by atoms with Crippen LogP contribution in [0.1, 0.15) is 13.3 Å². The number of halogens is 3. The van der Waals surface area contributed by atoms with Crippen molar-refractivity contribution in [2.75, 3.05) is 6.54 Å². The molecule has 1 rings (SSSR count). The van der Waals surface area contributed by atoms with Crippen LogP contribution in [-0.2, 0) is 0 Å². The van der Waals surface area contributed by atoms with Gasteiger partial charge in [-0.15, -0.1) is 0 Å². The van der Waals surface area contributed by atoms with E-state index >= 15 is 0 Å². The average Bonchev–Trinajstić information content (AvgIpc) is 2.16. The van der Waals surface area contributed by atoms with E-state index in [1.165, 1.54) is 6.07 Å². The van der Waals surface area contributed by atoms with E-state index in [4.69, 9.17) is 5.26 Å². The Morgan fingerprint density at radius 3 is 2.62 bits per heavy atom. The zero-order valence-electron chi connectivity index (χ0n) is 8.51. The molecule has 4 nitrogen and oxygen atoms in total. The Kier molecular flexibility index (Phi) is 3.12. The quantitative estimate of drug-likeness (QED) is 0.790. The Bertz CT molecular complexity index is 358. The van der Waals surface area contributed by atoms with E-state index in [0.29, 0.717) is 0 Å². The lowest BCUT2D eigenvalue weighted by molar-refractivity contribution is -0.178. The van der Waals surface area contributed by atoms with Crippen molar-refractivity contribution in [2.24, 2.45) is 0 Å². The summed E-state index contributed by atoms with van der Waals surface area (Å²) in [4.78, 5) is 12.4. The van der Waals surface area contributed by atoms with E-state index in [1.807, 2.05) is 5.32 Å². The van der Waals surface area contributed by atoms with Crippen molar-refractivity contribution >= 4 is 6.03 Å². The second kappa shape index (κ2) is 4.04. The van der Waals surface area contributed by atoms with Crippen LogP contribution in [0.25, 0.3) is 0 Å². The van der Waals surface area contributed by atoms with Gasteiger partial charge in [0, 0.05) is 12.7 Å². The molecule has 0 radical (unpaired) electrons. The Morgan fingerprint density at radius 1 is 1.62 bits per heavy atom. The molecule has 0 bridgehead atoms. The lowest BCUT2D eigenvalue weighted by atomic mass is 9.94. The summed E-state index contributed by atoms with van der Waals surface area (Å²) in [6, 6.07) is 0.584. The van der Waals surface area contributed by atoms with Gasteiger partial charge in [-0.25, -0.2) is 4.79 Å². The van der Waals surface area contributed by atoms with Crippen LogP contribution in [0, 0.1) is 11.3 Å². The SMILES string of the molecule is CCN1C=CC(CC#N)(C(F)(F)F)NC1=O. The molecule has 1 aliphatic heterocycles. The van der Waals surface area contributed by atoms with Gasteiger partial charge in [-0.1, -0.05) is 0 Å². The molecule has 0 aromatic heterocycles. The summed E-state index contributed by atoms with van der Waals surface area (Å²) in [5, 5.41) is 10.2. The Balaban J connectivity index is 3.08. The largest absolute Gasteiger partial charge is 0.416 e. The summed E-state index contributed by atoms with van der Waals surface area (Å²) in [5.41, 5.74) is -2.56. The first-order valence-electron chi connectivity index (χ1n) is 4.58. The van der Waals surface area contributed by atoms with Crippen LogP contribution in [-0.4, -0.2) is 29.2 Å². The number of hydrogen-bond acceptors (Lipinski definition) is 2. The zero-order chi connectivity index (χ0) is 12.4. The standard InChI is InChI=1S/C9H10F3N3O/c1-2-15-6-4-8(3-5-13,9(10,11)12)14-7(15)16/h4,6H,2-3H2,1H3,(H,14,16). The van der Waals surface area contributed by atoms with E-state index in [1.54, 1.807) is 6.92 Å². The maximum Gasteiger partial charge on any atom is 0.416 e. The topological polar surface area (TPSA) is 56.1 Å². The molecule has 1 aliphatic rings. The van der Waals surface area contributed by atoms with Crippen LogP contribution in [0.15, 0.2) is 12.3 Å². The second-order valence-corrected chi connectivity index (χ2v) is 3.34. The van der Waals surface area contributed by atoms with Crippen molar-refractivity contribution < 1.29 is 18.0 Å². The first-order valence-corrected chi connectivity index (χ1v) is 4.58. The zero-order valence-corrected chi connectivity index (χ0v) is 8.51. The van der Waals surface area contributed by atoms with E-state index in [9.17, 15) is 18.0 Å². The number of hydrogen-bond donors (Lipinski definition) is 1. The molecule has 0 aliphatic carbocycles. The molecule has 0 saturated heterocycles. The molecular weight excluding hydrogens is 223 g/mol. The summed E-state index contributed by atoms with van der Waals surface area (Å²) in [6.07, 6.45) is -3.66. The molecule has 0 spiro atoms. The molecular formula is C9H10F3N3O. The first kappa shape index (κ1) is 12.4. The highest BCUT2D eigenvalue weighted by atomic mass is 19.4. The van der Waals surface area contributed by atoms with E-state index < -0.39 is 24.2 Å². The van der Waals surface area contributed by atoms with Crippen LogP contribution < -0.4 is 5.32 Å². The highest BCUT2D eigenvalue weighted by Crippen LogP contribution is 2.36. The fourth-order valence-electron chi connectivity index (χ4n) is 1.33. The number of amides is 2. The lowest BCUT2D eigenvalue weighted by Gasteiger charge is -2.37. The van der Waals surface area contributed by atoms with Crippen LogP contribution >= 0.6 is 0 Å². The van der Waals surface area contributed by atoms with Gasteiger partial charge in [0.05, 0.1) is 12.5 Å². The van der Waals surface area contributed by atoms with Crippen LogP contribution in [0.4, 0.5) is 18.0 Å². The van der Waals surface area contributed by atoms with Crippen LogP contribution in [0.3, 0.4) is 0 Å². The minimum absolute atomic E-state index is 0.267. The predicted octanol–water partition coefficient (Wildman–Crippen LogP) is 1.76. The molecule has 1 heterocycles. The molecule has 0 aromatic rings. The summed E-state index contributed by atoms with van der Waals surface area (Å²) < 4.78 is 38.3. The molecule has 16 heavy (non-hydrogen) atoms. The van der Waals surface area contributed by atoms with Crippen molar-refractivity contribution in [3.8, 4) is 6.07 Å².